The van der Waals surface area contributed by atoms with E-state index < -0.39 is 21.1 Å². The fraction of sp³-hybridized carbons (Fsp3) is 0.300. The standard InChI is InChI=1S/C10H11FN2O3S/c11-7-2-1-3-8(4-7)13-6-9(5-10(13)14)17(12,15)16/h1-4,9H,5-6H2,(H2,12,15,16). The summed E-state index contributed by atoms with van der Waals surface area (Å²) in [5.41, 5.74) is 0.348. The van der Waals surface area contributed by atoms with E-state index in [9.17, 15) is 17.6 Å². The summed E-state index contributed by atoms with van der Waals surface area (Å²) in [5, 5.41) is 4.07. The number of carbonyl (C=O) groups is 1. The molecule has 1 aromatic rings. The van der Waals surface area contributed by atoms with Gasteiger partial charge in [0.15, 0.2) is 0 Å². The quantitative estimate of drug-likeness (QED) is 0.824. The van der Waals surface area contributed by atoms with Gasteiger partial charge in [0, 0.05) is 18.7 Å². The molecule has 1 aromatic carbocycles. The topological polar surface area (TPSA) is 80.5 Å². The zero-order valence-corrected chi connectivity index (χ0v) is 9.65. The van der Waals surface area contributed by atoms with Crippen molar-refractivity contribution in [2.75, 3.05) is 11.4 Å². The lowest BCUT2D eigenvalue weighted by molar-refractivity contribution is -0.117. The van der Waals surface area contributed by atoms with E-state index in [0.29, 0.717) is 5.69 Å². The van der Waals surface area contributed by atoms with Gasteiger partial charge in [-0.15, -0.1) is 0 Å². The van der Waals surface area contributed by atoms with Crippen LogP contribution in [0.25, 0.3) is 0 Å². The van der Waals surface area contributed by atoms with Gasteiger partial charge in [0.2, 0.25) is 15.9 Å². The molecule has 0 aliphatic carbocycles. The van der Waals surface area contributed by atoms with Crippen LogP contribution in [-0.2, 0) is 14.8 Å². The molecular formula is C10H11FN2O3S. The number of amides is 1. The van der Waals surface area contributed by atoms with Gasteiger partial charge in [0.1, 0.15) is 11.1 Å². The highest BCUT2D eigenvalue weighted by molar-refractivity contribution is 7.89. The molecule has 7 heteroatoms. The number of benzene rings is 1. The Morgan fingerprint density at radius 2 is 2.12 bits per heavy atom. The number of nitrogens with zero attached hydrogens (tertiary/aromatic N) is 1. The van der Waals surface area contributed by atoms with Gasteiger partial charge in [-0.25, -0.2) is 17.9 Å². The van der Waals surface area contributed by atoms with E-state index in [0.717, 1.165) is 0 Å². The van der Waals surface area contributed by atoms with Crippen molar-refractivity contribution in [3.63, 3.8) is 0 Å². The Morgan fingerprint density at radius 1 is 1.41 bits per heavy atom. The van der Waals surface area contributed by atoms with Crippen molar-refractivity contribution >= 4 is 21.6 Å². The molecule has 0 saturated carbocycles. The molecule has 1 fully saturated rings. The van der Waals surface area contributed by atoms with Gasteiger partial charge < -0.3 is 4.90 Å². The minimum Gasteiger partial charge on any atom is -0.311 e. The second-order valence-electron chi connectivity index (χ2n) is 3.90. The van der Waals surface area contributed by atoms with E-state index in [1.807, 2.05) is 0 Å². The molecule has 2 N–H and O–H groups in total. The Kier molecular flexibility index (Phi) is 2.88. The van der Waals surface area contributed by atoms with Crippen molar-refractivity contribution in [3.8, 4) is 0 Å². The van der Waals surface area contributed by atoms with E-state index >= 15 is 0 Å². The summed E-state index contributed by atoms with van der Waals surface area (Å²) in [5.74, 6) is -0.844. The van der Waals surface area contributed by atoms with Crippen LogP contribution in [0.2, 0.25) is 0 Å². The maximum Gasteiger partial charge on any atom is 0.228 e. The SMILES string of the molecule is NS(=O)(=O)C1CC(=O)N(c2cccc(F)c2)C1. The summed E-state index contributed by atoms with van der Waals surface area (Å²) in [6.45, 7) is -0.0267. The van der Waals surface area contributed by atoms with Gasteiger partial charge >= 0.3 is 0 Å². The molecule has 1 aliphatic rings. The normalized spacial score (nSPS) is 20.9. The molecule has 1 heterocycles. The second-order valence-corrected chi connectivity index (χ2v) is 5.74. The summed E-state index contributed by atoms with van der Waals surface area (Å²) in [4.78, 5) is 12.9. The fourth-order valence-electron chi connectivity index (χ4n) is 1.79. The van der Waals surface area contributed by atoms with Crippen molar-refractivity contribution in [3.05, 3.63) is 30.1 Å². The van der Waals surface area contributed by atoms with Crippen LogP contribution in [0, 0.1) is 5.82 Å². The first-order chi connectivity index (χ1) is 7.88. The van der Waals surface area contributed by atoms with Crippen molar-refractivity contribution in [2.45, 2.75) is 11.7 Å². The average molecular weight is 258 g/mol. The van der Waals surface area contributed by atoms with Crippen molar-refractivity contribution in [2.24, 2.45) is 5.14 Å². The van der Waals surface area contributed by atoms with Gasteiger partial charge in [0.05, 0.1) is 0 Å². The van der Waals surface area contributed by atoms with Crippen LogP contribution >= 0.6 is 0 Å². The Hall–Kier alpha value is -1.47. The number of sulfonamides is 1. The Morgan fingerprint density at radius 3 is 2.65 bits per heavy atom. The number of nitrogens with two attached hydrogens (primary N) is 1. The third kappa shape index (κ3) is 2.45. The summed E-state index contributed by atoms with van der Waals surface area (Å²) in [6.07, 6.45) is -0.157. The number of hydrogen-bond donors (Lipinski definition) is 1. The van der Waals surface area contributed by atoms with E-state index in [1.54, 1.807) is 6.07 Å². The van der Waals surface area contributed by atoms with Crippen LogP contribution in [-0.4, -0.2) is 26.1 Å². The van der Waals surface area contributed by atoms with E-state index in [1.165, 1.54) is 23.1 Å². The highest BCUT2D eigenvalue weighted by Gasteiger charge is 2.37. The third-order valence-electron chi connectivity index (χ3n) is 2.67. The number of hydrogen-bond acceptors (Lipinski definition) is 3. The van der Waals surface area contributed by atoms with Gasteiger partial charge in [-0.1, -0.05) is 6.07 Å². The number of primary sulfonamides is 1. The minimum absolute atomic E-state index is 0.0267. The summed E-state index contributed by atoms with van der Waals surface area (Å²) in [6, 6.07) is 5.44. The van der Waals surface area contributed by atoms with Gasteiger partial charge in [-0.3, -0.25) is 4.79 Å². The molecular weight excluding hydrogens is 247 g/mol. The van der Waals surface area contributed by atoms with Crippen LogP contribution in [0.1, 0.15) is 6.42 Å². The van der Waals surface area contributed by atoms with Crippen molar-refractivity contribution in [1.82, 2.24) is 0 Å². The number of halogens is 1. The summed E-state index contributed by atoms with van der Waals surface area (Å²) < 4.78 is 35.3. The van der Waals surface area contributed by atoms with E-state index in [-0.39, 0.29) is 18.9 Å². The monoisotopic (exact) mass is 258 g/mol. The van der Waals surface area contributed by atoms with Gasteiger partial charge in [-0.05, 0) is 18.2 Å². The van der Waals surface area contributed by atoms with Crippen molar-refractivity contribution in [1.29, 1.82) is 0 Å². The number of rotatable bonds is 2. The van der Waals surface area contributed by atoms with Crippen LogP contribution in [0.3, 0.4) is 0 Å². The first-order valence-electron chi connectivity index (χ1n) is 4.95. The predicted octanol–water partition coefficient (Wildman–Crippen LogP) is 0.220. The molecule has 1 aliphatic heterocycles. The Labute approximate surface area is 98.1 Å². The number of carbonyl (C=O) groups excluding carboxylic acids is 1. The molecule has 1 saturated heterocycles. The van der Waals surface area contributed by atoms with Crippen LogP contribution in [0.5, 0.6) is 0 Å². The lowest BCUT2D eigenvalue weighted by atomic mass is 10.3. The molecule has 17 heavy (non-hydrogen) atoms. The summed E-state index contributed by atoms with van der Waals surface area (Å²) >= 11 is 0. The molecule has 92 valence electrons. The van der Waals surface area contributed by atoms with Crippen molar-refractivity contribution < 1.29 is 17.6 Å². The zero-order valence-electron chi connectivity index (χ0n) is 8.84. The second kappa shape index (κ2) is 4.08. The zero-order chi connectivity index (χ0) is 12.6. The molecule has 5 nitrogen and oxygen atoms in total. The first kappa shape index (κ1) is 12.0. The molecule has 0 bridgehead atoms. The third-order valence-corrected chi connectivity index (χ3v) is 3.92. The molecule has 1 unspecified atom stereocenters. The maximum atomic E-state index is 13.0. The molecule has 1 atom stereocenters. The number of anilines is 1. The lowest BCUT2D eigenvalue weighted by Gasteiger charge is -2.16. The molecule has 0 aromatic heterocycles. The smallest absolute Gasteiger partial charge is 0.228 e. The fourth-order valence-corrected chi connectivity index (χ4v) is 2.52. The minimum atomic E-state index is -3.74. The van der Waals surface area contributed by atoms with Crippen LogP contribution in [0.4, 0.5) is 10.1 Å². The van der Waals surface area contributed by atoms with Gasteiger partial charge in [-0.2, -0.15) is 0 Å². The molecule has 1 amide bonds. The molecule has 0 spiro atoms. The lowest BCUT2D eigenvalue weighted by Crippen LogP contribution is -2.32. The predicted molar refractivity (Wildman–Crippen MR) is 60.3 cm³/mol. The maximum absolute atomic E-state index is 13.0. The molecule has 2 rings (SSSR count). The highest BCUT2D eigenvalue weighted by atomic mass is 32.2. The Balaban J connectivity index is 2.28. The summed E-state index contributed by atoms with van der Waals surface area (Å²) in [7, 11) is -3.74. The van der Waals surface area contributed by atoms with Gasteiger partial charge in [0.25, 0.3) is 0 Å². The van der Waals surface area contributed by atoms with E-state index in [4.69, 9.17) is 5.14 Å². The van der Waals surface area contributed by atoms with Crippen LogP contribution in [0.15, 0.2) is 24.3 Å². The largest absolute Gasteiger partial charge is 0.311 e. The molecule has 0 radical (unpaired) electrons. The van der Waals surface area contributed by atoms with E-state index in [2.05, 4.69) is 0 Å². The Bertz CT molecular complexity index is 558. The van der Waals surface area contributed by atoms with Crippen LogP contribution < -0.4 is 10.0 Å². The average Bonchev–Trinajstić information content (AvgIpc) is 2.60. The highest BCUT2D eigenvalue weighted by Crippen LogP contribution is 2.24. The first-order valence-corrected chi connectivity index (χ1v) is 6.56.